The van der Waals surface area contributed by atoms with E-state index in [1.165, 1.54) is 6.07 Å². The highest BCUT2D eigenvalue weighted by Crippen LogP contribution is 2.31. The predicted octanol–water partition coefficient (Wildman–Crippen LogP) is 5.28. The van der Waals surface area contributed by atoms with Crippen LogP contribution in [-0.2, 0) is 4.79 Å². The number of nitrogens with zero attached hydrogens (tertiary/aromatic N) is 3. The van der Waals surface area contributed by atoms with E-state index in [1.807, 2.05) is 17.4 Å². The van der Waals surface area contributed by atoms with Crippen molar-refractivity contribution >= 4 is 23.2 Å². The second kappa shape index (κ2) is 11.4. The Labute approximate surface area is 194 Å². The number of carbonyl (C=O) groups excluding carboxylic acids is 1. The fraction of sp³-hybridized carbons (Fsp3) is 0.440. The van der Waals surface area contributed by atoms with E-state index >= 15 is 0 Å². The first-order chi connectivity index (χ1) is 15.4. The molecule has 0 aliphatic carbocycles. The number of halogens is 2. The summed E-state index contributed by atoms with van der Waals surface area (Å²) in [6.45, 7) is 9.42. The Morgan fingerprint density at radius 3 is 2.69 bits per heavy atom. The van der Waals surface area contributed by atoms with E-state index in [9.17, 15) is 9.18 Å². The van der Waals surface area contributed by atoms with Gasteiger partial charge in [0.15, 0.2) is 0 Å². The van der Waals surface area contributed by atoms with E-state index in [4.69, 9.17) is 11.6 Å². The molecule has 1 N–H and O–H groups in total. The van der Waals surface area contributed by atoms with Crippen LogP contribution in [0, 0.1) is 5.82 Å². The Morgan fingerprint density at radius 2 is 1.97 bits per heavy atom. The summed E-state index contributed by atoms with van der Waals surface area (Å²) in [5, 5.41) is 3.65. The summed E-state index contributed by atoms with van der Waals surface area (Å²) in [6.07, 6.45) is 5.50. The summed E-state index contributed by atoms with van der Waals surface area (Å²) in [5.74, 6) is -0.923. The van der Waals surface area contributed by atoms with E-state index in [0.717, 1.165) is 38.2 Å². The van der Waals surface area contributed by atoms with E-state index in [-0.39, 0.29) is 24.2 Å². The molecule has 32 heavy (non-hydrogen) atoms. The number of pyridine rings is 1. The van der Waals surface area contributed by atoms with Crippen molar-refractivity contribution in [3.8, 4) is 0 Å². The van der Waals surface area contributed by atoms with Crippen molar-refractivity contribution < 1.29 is 9.18 Å². The van der Waals surface area contributed by atoms with Crippen LogP contribution < -0.4 is 5.32 Å². The monoisotopic (exact) mass is 458 g/mol. The highest BCUT2D eigenvalue weighted by molar-refractivity contribution is 6.30. The predicted molar refractivity (Wildman–Crippen MR) is 128 cm³/mol. The molecule has 0 aliphatic rings. The lowest BCUT2D eigenvalue weighted by Crippen LogP contribution is -2.34. The average molecular weight is 459 g/mol. The van der Waals surface area contributed by atoms with E-state index in [1.54, 1.807) is 36.7 Å². The Kier molecular flexibility index (Phi) is 8.65. The number of rotatable bonds is 11. The van der Waals surface area contributed by atoms with Crippen LogP contribution in [0.2, 0.25) is 5.02 Å². The molecule has 5 nitrogen and oxygen atoms in total. The van der Waals surface area contributed by atoms with Crippen LogP contribution in [0.25, 0.3) is 5.65 Å². The number of hydrogen-bond acceptors (Lipinski definition) is 3. The Morgan fingerprint density at radius 1 is 1.22 bits per heavy atom. The quantitative estimate of drug-likeness (QED) is 0.425. The van der Waals surface area contributed by atoms with Gasteiger partial charge in [-0.2, -0.15) is 0 Å². The smallest absolute Gasteiger partial charge is 0.221 e. The fourth-order valence-corrected chi connectivity index (χ4v) is 4.28. The van der Waals surface area contributed by atoms with Gasteiger partial charge in [-0.3, -0.25) is 4.79 Å². The molecule has 7 heteroatoms. The second-order valence-corrected chi connectivity index (χ2v) is 8.61. The fourth-order valence-electron chi connectivity index (χ4n) is 4.12. The third kappa shape index (κ3) is 6.08. The molecule has 0 spiro atoms. The van der Waals surface area contributed by atoms with Gasteiger partial charge in [0, 0.05) is 30.8 Å². The molecule has 2 aromatic heterocycles. The summed E-state index contributed by atoms with van der Waals surface area (Å²) in [5.41, 5.74) is 1.91. The summed E-state index contributed by atoms with van der Waals surface area (Å²) in [4.78, 5) is 19.8. The molecule has 3 aromatic rings. The topological polar surface area (TPSA) is 49.6 Å². The first-order valence-electron chi connectivity index (χ1n) is 11.3. The van der Waals surface area contributed by atoms with E-state index < -0.39 is 5.92 Å². The minimum atomic E-state index is -0.479. The molecule has 2 unspecified atom stereocenters. The summed E-state index contributed by atoms with van der Waals surface area (Å²) in [6, 6.07) is 10.2. The zero-order valence-electron chi connectivity index (χ0n) is 19.0. The van der Waals surface area contributed by atoms with Gasteiger partial charge in [-0.15, -0.1) is 0 Å². The number of aromatic nitrogens is 2. The van der Waals surface area contributed by atoms with E-state index in [0.29, 0.717) is 16.2 Å². The summed E-state index contributed by atoms with van der Waals surface area (Å²) in [7, 11) is 0. The molecule has 0 saturated heterocycles. The van der Waals surface area contributed by atoms with Crippen LogP contribution in [0.1, 0.15) is 57.2 Å². The zero-order chi connectivity index (χ0) is 23.1. The van der Waals surface area contributed by atoms with Crippen LogP contribution in [0.4, 0.5) is 4.39 Å². The number of benzene rings is 1. The summed E-state index contributed by atoms with van der Waals surface area (Å²) < 4.78 is 16.6. The first kappa shape index (κ1) is 24.2. The Bertz CT molecular complexity index is 1030. The van der Waals surface area contributed by atoms with Crippen LogP contribution in [0.3, 0.4) is 0 Å². The number of amides is 1. The van der Waals surface area contributed by atoms with Crippen molar-refractivity contribution in [1.29, 1.82) is 0 Å². The van der Waals surface area contributed by atoms with Gasteiger partial charge in [0.25, 0.3) is 0 Å². The van der Waals surface area contributed by atoms with Crippen molar-refractivity contribution in [2.75, 3.05) is 19.6 Å². The third-order valence-corrected chi connectivity index (χ3v) is 6.16. The molecule has 172 valence electrons. The molecule has 0 saturated carbocycles. The lowest BCUT2D eigenvalue weighted by atomic mass is 9.91. The maximum Gasteiger partial charge on any atom is 0.221 e. The molecule has 2 atom stereocenters. The largest absolute Gasteiger partial charge is 0.354 e. The van der Waals surface area contributed by atoms with Gasteiger partial charge < -0.3 is 14.6 Å². The first-order valence-corrected chi connectivity index (χ1v) is 11.7. The second-order valence-electron chi connectivity index (χ2n) is 8.17. The molecular weight excluding hydrogens is 427 g/mol. The van der Waals surface area contributed by atoms with Gasteiger partial charge in [0.2, 0.25) is 5.91 Å². The van der Waals surface area contributed by atoms with Crippen LogP contribution in [0.15, 0.2) is 48.8 Å². The minimum absolute atomic E-state index is 0.0518. The normalized spacial score (nSPS) is 13.4. The standard InChI is InChI=1S/C25H32ClFN4O/c1-4-30(5-2)14-8-9-18(3)29-25(32)15-21(20-10-6-7-11-22(20)27)23-16-28-24-13-12-19(26)17-31(23)24/h6-7,10-13,16-18,21H,4-5,8-9,14-15H2,1-3H3,(H,29,32). The molecule has 3 rings (SSSR count). The van der Waals surface area contributed by atoms with Crippen molar-refractivity contribution in [2.45, 2.75) is 52.0 Å². The SMILES string of the molecule is CCN(CC)CCCC(C)NC(=O)CC(c1ccccc1F)c1cnc2ccc(Cl)cn12. The number of nitrogens with one attached hydrogen (secondary N) is 1. The van der Waals surface area contributed by atoms with Crippen LogP contribution in [-0.4, -0.2) is 45.9 Å². The van der Waals surface area contributed by atoms with Gasteiger partial charge in [-0.05, 0) is 63.2 Å². The molecular formula is C25H32ClFN4O. The van der Waals surface area contributed by atoms with Gasteiger partial charge in [-0.1, -0.05) is 43.6 Å². The molecule has 0 bridgehead atoms. The van der Waals surface area contributed by atoms with Crippen molar-refractivity contribution in [3.05, 3.63) is 70.9 Å². The average Bonchev–Trinajstić information content (AvgIpc) is 3.18. The lowest BCUT2D eigenvalue weighted by Gasteiger charge is -2.21. The molecule has 0 fully saturated rings. The highest BCUT2D eigenvalue weighted by atomic mass is 35.5. The van der Waals surface area contributed by atoms with Gasteiger partial charge in [0.05, 0.1) is 10.7 Å². The van der Waals surface area contributed by atoms with Gasteiger partial charge >= 0.3 is 0 Å². The number of imidazole rings is 1. The van der Waals surface area contributed by atoms with Crippen LogP contribution in [0.5, 0.6) is 0 Å². The zero-order valence-corrected chi connectivity index (χ0v) is 19.8. The highest BCUT2D eigenvalue weighted by Gasteiger charge is 2.25. The molecule has 1 amide bonds. The molecule has 1 aromatic carbocycles. The molecule has 2 heterocycles. The number of carbonyl (C=O) groups is 1. The van der Waals surface area contributed by atoms with Gasteiger partial charge in [-0.25, -0.2) is 9.37 Å². The lowest BCUT2D eigenvalue weighted by molar-refractivity contribution is -0.122. The maximum absolute atomic E-state index is 14.7. The van der Waals surface area contributed by atoms with Crippen molar-refractivity contribution in [2.24, 2.45) is 0 Å². The molecule has 0 radical (unpaired) electrons. The number of fused-ring (bicyclic) bond motifs is 1. The minimum Gasteiger partial charge on any atom is -0.354 e. The number of hydrogen-bond donors (Lipinski definition) is 1. The maximum atomic E-state index is 14.7. The molecule has 0 aliphatic heterocycles. The van der Waals surface area contributed by atoms with Gasteiger partial charge in [0.1, 0.15) is 11.5 Å². The van der Waals surface area contributed by atoms with Crippen molar-refractivity contribution in [1.82, 2.24) is 19.6 Å². The summed E-state index contributed by atoms with van der Waals surface area (Å²) >= 11 is 6.19. The third-order valence-electron chi connectivity index (χ3n) is 5.94. The Hall–Kier alpha value is -2.44. The van der Waals surface area contributed by atoms with Crippen LogP contribution >= 0.6 is 11.6 Å². The van der Waals surface area contributed by atoms with Crippen molar-refractivity contribution in [3.63, 3.8) is 0 Å². The van der Waals surface area contributed by atoms with E-state index in [2.05, 4.69) is 29.0 Å². The Balaban J connectivity index is 1.76.